The van der Waals surface area contributed by atoms with Crippen molar-refractivity contribution in [1.82, 2.24) is 9.78 Å². The van der Waals surface area contributed by atoms with E-state index in [0.29, 0.717) is 45.2 Å². The van der Waals surface area contributed by atoms with Crippen LogP contribution in [0.1, 0.15) is 21.5 Å². The number of anilines is 1. The Bertz CT molecular complexity index is 1220. The van der Waals surface area contributed by atoms with Crippen molar-refractivity contribution in [2.24, 2.45) is 0 Å². The van der Waals surface area contributed by atoms with Gasteiger partial charge in [0.05, 0.1) is 18.4 Å². The largest absolute Gasteiger partial charge is 0.489 e. The lowest BCUT2D eigenvalue weighted by Gasteiger charge is -2.08. The first-order valence-corrected chi connectivity index (χ1v) is 10.9. The zero-order chi connectivity index (χ0) is 22.5. The van der Waals surface area contributed by atoms with Gasteiger partial charge in [0.2, 0.25) is 0 Å². The Morgan fingerprint density at radius 2 is 1.69 bits per heavy atom. The number of halogens is 3. The number of carbonyl (C=O) groups is 1. The molecule has 0 saturated heterocycles. The van der Waals surface area contributed by atoms with E-state index in [1.54, 1.807) is 71.7 Å². The summed E-state index contributed by atoms with van der Waals surface area (Å²) >= 11 is 18.3. The lowest BCUT2D eigenvalue weighted by atomic mass is 10.1. The van der Waals surface area contributed by atoms with Gasteiger partial charge in [-0.15, -0.1) is 0 Å². The summed E-state index contributed by atoms with van der Waals surface area (Å²) in [5.41, 5.74) is 2.73. The zero-order valence-corrected chi connectivity index (χ0v) is 19.0. The SMILES string of the molecule is O=C(Nc1cnn(Cc2c(Cl)cccc2Cl)c1)c1cccc(COc2ccc(Cl)cc2)c1. The highest BCUT2D eigenvalue weighted by Gasteiger charge is 2.11. The van der Waals surface area contributed by atoms with Crippen molar-refractivity contribution in [2.75, 3.05) is 5.32 Å². The van der Waals surface area contributed by atoms with Gasteiger partial charge in [-0.1, -0.05) is 53.0 Å². The first-order valence-electron chi connectivity index (χ1n) is 9.72. The van der Waals surface area contributed by atoms with E-state index < -0.39 is 0 Å². The summed E-state index contributed by atoms with van der Waals surface area (Å²) in [6.07, 6.45) is 3.31. The van der Waals surface area contributed by atoms with E-state index in [9.17, 15) is 4.79 Å². The fourth-order valence-corrected chi connectivity index (χ4v) is 3.71. The summed E-state index contributed by atoms with van der Waals surface area (Å²) in [6, 6.07) is 19.7. The van der Waals surface area contributed by atoms with Crippen LogP contribution in [-0.2, 0) is 13.2 Å². The molecule has 32 heavy (non-hydrogen) atoms. The van der Waals surface area contributed by atoms with E-state index in [0.717, 1.165) is 11.1 Å². The van der Waals surface area contributed by atoms with Crippen LogP contribution in [0.15, 0.2) is 79.1 Å². The van der Waals surface area contributed by atoms with Crippen LogP contribution < -0.4 is 10.1 Å². The second-order valence-corrected chi connectivity index (χ2v) is 8.27. The van der Waals surface area contributed by atoms with Crippen LogP contribution in [0.4, 0.5) is 5.69 Å². The fourth-order valence-electron chi connectivity index (χ4n) is 3.06. The van der Waals surface area contributed by atoms with E-state index in [2.05, 4.69) is 10.4 Å². The second-order valence-electron chi connectivity index (χ2n) is 7.02. The van der Waals surface area contributed by atoms with Crippen LogP contribution in [0.3, 0.4) is 0 Å². The second kappa shape index (κ2) is 10.1. The number of hydrogen-bond donors (Lipinski definition) is 1. The maximum absolute atomic E-state index is 12.7. The molecule has 0 aliphatic heterocycles. The summed E-state index contributed by atoms with van der Waals surface area (Å²) in [5, 5.41) is 8.92. The van der Waals surface area contributed by atoms with Crippen molar-refractivity contribution in [3.63, 3.8) is 0 Å². The average molecular weight is 487 g/mol. The van der Waals surface area contributed by atoms with Crippen LogP contribution in [0.2, 0.25) is 15.1 Å². The van der Waals surface area contributed by atoms with Crippen LogP contribution in [0.25, 0.3) is 0 Å². The Balaban J connectivity index is 1.39. The average Bonchev–Trinajstić information content (AvgIpc) is 3.23. The van der Waals surface area contributed by atoms with Gasteiger partial charge in [0, 0.05) is 32.4 Å². The molecule has 1 aromatic heterocycles. The normalized spacial score (nSPS) is 10.7. The zero-order valence-electron chi connectivity index (χ0n) is 16.8. The van der Waals surface area contributed by atoms with Crippen LogP contribution in [0, 0.1) is 0 Å². The number of benzene rings is 3. The summed E-state index contributed by atoms with van der Waals surface area (Å²) < 4.78 is 7.42. The van der Waals surface area contributed by atoms with Gasteiger partial charge in [-0.25, -0.2) is 0 Å². The van der Waals surface area contributed by atoms with Crippen molar-refractivity contribution in [3.8, 4) is 5.75 Å². The van der Waals surface area contributed by atoms with Gasteiger partial charge in [-0.2, -0.15) is 5.10 Å². The Kier molecular flexibility index (Phi) is 7.00. The number of nitrogens with zero attached hydrogens (tertiary/aromatic N) is 2. The third-order valence-electron chi connectivity index (χ3n) is 4.68. The molecule has 0 bridgehead atoms. The highest BCUT2D eigenvalue weighted by Crippen LogP contribution is 2.25. The number of aromatic nitrogens is 2. The maximum Gasteiger partial charge on any atom is 0.255 e. The molecule has 1 heterocycles. The van der Waals surface area contributed by atoms with Crippen molar-refractivity contribution >= 4 is 46.4 Å². The molecule has 1 amide bonds. The van der Waals surface area contributed by atoms with E-state index >= 15 is 0 Å². The predicted molar refractivity (Wildman–Crippen MR) is 128 cm³/mol. The third kappa shape index (κ3) is 5.62. The summed E-state index contributed by atoms with van der Waals surface area (Å²) in [4.78, 5) is 12.7. The molecule has 0 atom stereocenters. The van der Waals surface area contributed by atoms with Gasteiger partial charge in [-0.05, 0) is 54.1 Å². The lowest BCUT2D eigenvalue weighted by Crippen LogP contribution is -2.12. The minimum atomic E-state index is -0.242. The van der Waals surface area contributed by atoms with Crippen LogP contribution >= 0.6 is 34.8 Å². The molecular weight excluding hydrogens is 469 g/mol. The molecule has 0 aliphatic rings. The topological polar surface area (TPSA) is 56.2 Å². The van der Waals surface area contributed by atoms with Gasteiger partial charge in [-0.3, -0.25) is 9.48 Å². The molecule has 4 aromatic rings. The van der Waals surface area contributed by atoms with Crippen LogP contribution in [0.5, 0.6) is 5.75 Å². The summed E-state index contributed by atoms with van der Waals surface area (Å²) in [6.45, 7) is 0.727. The van der Waals surface area contributed by atoms with Gasteiger partial charge in [0.25, 0.3) is 5.91 Å². The molecule has 0 saturated carbocycles. The van der Waals surface area contributed by atoms with Gasteiger partial charge in [0.1, 0.15) is 12.4 Å². The van der Waals surface area contributed by atoms with E-state index in [1.807, 2.05) is 12.1 Å². The Labute approximate surface area is 200 Å². The number of nitrogens with one attached hydrogen (secondary N) is 1. The minimum absolute atomic E-state index is 0.242. The molecular formula is C24H18Cl3N3O2. The van der Waals surface area contributed by atoms with Crippen molar-refractivity contribution in [2.45, 2.75) is 13.2 Å². The van der Waals surface area contributed by atoms with Gasteiger partial charge >= 0.3 is 0 Å². The van der Waals surface area contributed by atoms with E-state index in [1.165, 1.54) is 0 Å². The number of hydrogen-bond acceptors (Lipinski definition) is 3. The third-order valence-corrected chi connectivity index (χ3v) is 5.64. The Morgan fingerprint density at radius 3 is 2.44 bits per heavy atom. The number of ether oxygens (including phenoxy) is 1. The van der Waals surface area contributed by atoms with Crippen molar-refractivity contribution < 1.29 is 9.53 Å². The van der Waals surface area contributed by atoms with Crippen LogP contribution in [-0.4, -0.2) is 15.7 Å². The first-order chi connectivity index (χ1) is 15.5. The van der Waals surface area contributed by atoms with E-state index in [4.69, 9.17) is 39.5 Å². The lowest BCUT2D eigenvalue weighted by molar-refractivity contribution is 0.102. The number of carbonyl (C=O) groups excluding carboxylic acids is 1. The molecule has 0 unspecified atom stereocenters. The van der Waals surface area contributed by atoms with Crippen molar-refractivity contribution in [3.05, 3.63) is 111 Å². The molecule has 8 heteroatoms. The molecule has 3 aromatic carbocycles. The highest BCUT2D eigenvalue weighted by molar-refractivity contribution is 6.36. The summed E-state index contributed by atoms with van der Waals surface area (Å²) in [7, 11) is 0. The predicted octanol–water partition coefficient (Wildman–Crippen LogP) is 6.72. The van der Waals surface area contributed by atoms with Gasteiger partial charge < -0.3 is 10.1 Å². The van der Waals surface area contributed by atoms with Gasteiger partial charge in [0.15, 0.2) is 0 Å². The molecule has 0 radical (unpaired) electrons. The molecule has 0 spiro atoms. The number of amides is 1. The molecule has 4 rings (SSSR count). The maximum atomic E-state index is 12.7. The monoisotopic (exact) mass is 485 g/mol. The number of rotatable bonds is 7. The Hall–Kier alpha value is -2.99. The summed E-state index contributed by atoms with van der Waals surface area (Å²) in [5.74, 6) is 0.462. The molecule has 162 valence electrons. The quantitative estimate of drug-likeness (QED) is 0.315. The molecule has 1 N–H and O–H groups in total. The first kappa shape index (κ1) is 22.2. The highest BCUT2D eigenvalue weighted by atomic mass is 35.5. The fraction of sp³-hybridized carbons (Fsp3) is 0.0833. The minimum Gasteiger partial charge on any atom is -0.489 e. The standard InChI is InChI=1S/C24H18Cl3N3O2/c25-18-7-9-20(10-8-18)32-15-16-3-1-4-17(11-16)24(31)29-19-12-28-30(13-19)14-21-22(26)5-2-6-23(21)27/h1-13H,14-15H2,(H,29,31). The van der Waals surface area contributed by atoms with Crippen molar-refractivity contribution in [1.29, 1.82) is 0 Å². The molecule has 0 aliphatic carbocycles. The molecule has 0 fully saturated rings. The smallest absolute Gasteiger partial charge is 0.255 e. The Morgan fingerprint density at radius 1 is 0.969 bits per heavy atom. The van der Waals surface area contributed by atoms with E-state index in [-0.39, 0.29) is 5.91 Å². The molecule has 5 nitrogen and oxygen atoms in total.